The molecule has 106 valence electrons. The number of aryl methyl sites for hydroxylation is 1. The maximum atomic E-state index is 11.1. The lowest BCUT2D eigenvalue weighted by molar-refractivity contribution is 0.0697. The van der Waals surface area contributed by atoms with Crippen molar-refractivity contribution in [2.75, 3.05) is 29.7 Å². The molecule has 3 nitrogen and oxygen atoms in total. The molecule has 5 heteroatoms. The molecule has 0 amide bonds. The molecule has 0 unspecified atom stereocenters. The number of hydrogen-bond donors (Lipinski definition) is 1. The van der Waals surface area contributed by atoms with Gasteiger partial charge in [-0.05, 0) is 24.1 Å². The Hall–Kier alpha value is -0.930. The summed E-state index contributed by atoms with van der Waals surface area (Å²) < 4.78 is 0. The molecule has 0 aliphatic rings. The summed E-state index contributed by atoms with van der Waals surface area (Å²) in [7, 11) is 0. The normalized spacial score (nSPS) is 10.5. The Labute approximate surface area is 124 Å². The van der Waals surface area contributed by atoms with E-state index in [1.807, 2.05) is 6.07 Å². The minimum atomic E-state index is -0.916. The first-order valence-electron chi connectivity index (χ1n) is 6.37. The minimum Gasteiger partial charge on any atom is -0.478 e. The van der Waals surface area contributed by atoms with Crippen molar-refractivity contribution in [3.63, 3.8) is 0 Å². The standard InChI is InChI=1S/C14H19Cl2NO2/c1-2-3-11-4-5-12(14(18)19)10-13(11)17(8-6-15)9-7-16/h4-5,10H,2-3,6-9H2,1H3,(H,18,19). The van der Waals surface area contributed by atoms with Crippen molar-refractivity contribution in [1.29, 1.82) is 0 Å². The van der Waals surface area contributed by atoms with Crippen LogP contribution in [0.25, 0.3) is 0 Å². The zero-order valence-corrected chi connectivity index (χ0v) is 12.5. The van der Waals surface area contributed by atoms with Gasteiger partial charge in [-0.1, -0.05) is 19.4 Å². The van der Waals surface area contributed by atoms with Crippen LogP contribution in [0.4, 0.5) is 5.69 Å². The number of rotatable bonds is 8. The van der Waals surface area contributed by atoms with Crippen LogP contribution in [0.5, 0.6) is 0 Å². The molecule has 0 saturated heterocycles. The van der Waals surface area contributed by atoms with Crippen LogP contribution in [-0.4, -0.2) is 35.9 Å². The third-order valence-electron chi connectivity index (χ3n) is 2.90. The maximum Gasteiger partial charge on any atom is 0.335 e. The Balaban J connectivity index is 3.16. The number of nitrogens with zero attached hydrogens (tertiary/aromatic N) is 1. The number of carbonyl (C=O) groups is 1. The van der Waals surface area contributed by atoms with Gasteiger partial charge < -0.3 is 10.0 Å². The predicted molar refractivity (Wildman–Crippen MR) is 81.0 cm³/mol. The molecule has 1 N–H and O–H groups in total. The summed E-state index contributed by atoms with van der Waals surface area (Å²) in [6.07, 6.45) is 1.92. The molecule has 0 atom stereocenters. The summed E-state index contributed by atoms with van der Waals surface area (Å²) in [6, 6.07) is 5.25. The Bertz CT molecular complexity index is 418. The molecule has 0 aromatic heterocycles. The van der Waals surface area contributed by atoms with Crippen LogP contribution in [-0.2, 0) is 6.42 Å². The smallest absolute Gasteiger partial charge is 0.335 e. The number of carboxylic acids is 1. The van der Waals surface area contributed by atoms with E-state index in [-0.39, 0.29) is 0 Å². The number of alkyl halides is 2. The van der Waals surface area contributed by atoms with Gasteiger partial charge in [0.1, 0.15) is 0 Å². The molecule has 1 aromatic carbocycles. The second-order valence-electron chi connectivity index (χ2n) is 4.26. The van der Waals surface area contributed by atoms with E-state index in [0.717, 1.165) is 24.1 Å². The van der Waals surface area contributed by atoms with E-state index in [2.05, 4.69) is 11.8 Å². The van der Waals surface area contributed by atoms with Gasteiger partial charge in [0.05, 0.1) is 5.56 Å². The zero-order chi connectivity index (χ0) is 14.3. The molecule has 0 saturated carbocycles. The molecule has 19 heavy (non-hydrogen) atoms. The molecule has 0 spiro atoms. The average molecular weight is 304 g/mol. The molecule has 1 rings (SSSR count). The Kier molecular flexibility index (Phi) is 7.03. The number of benzene rings is 1. The molecule has 0 heterocycles. The number of carboxylic acid groups (broad SMARTS) is 1. The van der Waals surface area contributed by atoms with E-state index < -0.39 is 5.97 Å². The van der Waals surface area contributed by atoms with Crippen molar-refractivity contribution >= 4 is 34.9 Å². The number of anilines is 1. The van der Waals surface area contributed by atoms with Crippen LogP contribution in [0, 0.1) is 0 Å². The van der Waals surface area contributed by atoms with Crippen LogP contribution in [0.3, 0.4) is 0 Å². The molecule has 0 aliphatic carbocycles. The number of aromatic carboxylic acids is 1. The molecule has 0 fully saturated rings. The van der Waals surface area contributed by atoms with E-state index in [1.165, 1.54) is 0 Å². The average Bonchev–Trinajstić information content (AvgIpc) is 2.39. The van der Waals surface area contributed by atoms with Gasteiger partial charge in [0.15, 0.2) is 0 Å². The first-order chi connectivity index (χ1) is 9.13. The van der Waals surface area contributed by atoms with Gasteiger partial charge in [0, 0.05) is 30.5 Å². The van der Waals surface area contributed by atoms with E-state index in [1.54, 1.807) is 12.1 Å². The SMILES string of the molecule is CCCc1ccc(C(=O)O)cc1N(CCCl)CCCl. The van der Waals surface area contributed by atoms with E-state index in [0.29, 0.717) is 30.4 Å². The highest BCUT2D eigenvalue weighted by Crippen LogP contribution is 2.24. The zero-order valence-electron chi connectivity index (χ0n) is 11.0. The lowest BCUT2D eigenvalue weighted by Crippen LogP contribution is -2.28. The van der Waals surface area contributed by atoms with Crippen molar-refractivity contribution in [2.45, 2.75) is 19.8 Å². The molecule has 0 bridgehead atoms. The summed E-state index contributed by atoms with van der Waals surface area (Å²) in [5, 5.41) is 9.10. The number of hydrogen-bond acceptors (Lipinski definition) is 2. The molecular formula is C14H19Cl2NO2. The third kappa shape index (κ3) is 4.59. The second kappa shape index (κ2) is 8.28. The quantitative estimate of drug-likeness (QED) is 0.746. The Morgan fingerprint density at radius 3 is 2.37 bits per heavy atom. The highest BCUT2D eigenvalue weighted by atomic mass is 35.5. The van der Waals surface area contributed by atoms with Crippen LogP contribution < -0.4 is 4.90 Å². The monoisotopic (exact) mass is 303 g/mol. The van der Waals surface area contributed by atoms with Gasteiger partial charge in [0.25, 0.3) is 0 Å². The van der Waals surface area contributed by atoms with Crippen LogP contribution in [0.15, 0.2) is 18.2 Å². The van der Waals surface area contributed by atoms with Crippen molar-refractivity contribution in [2.24, 2.45) is 0 Å². The fraction of sp³-hybridized carbons (Fsp3) is 0.500. The topological polar surface area (TPSA) is 40.5 Å². The van der Waals surface area contributed by atoms with Gasteiger partial charge in [-0.2, -0.15) is 0 Å². The van der Waals surface area contributed by atoms with Crippen molar-refractivity contribution in [3.8, 4) is 0 Å². The van der Waals surface area contributed by atoms with Gasteiger partial charge in [0.2, 0.25) is 0 Å². The molecule has 0 aliphatic heterocycles. The third-order valence-corrected chi connectivity index (χ3v) is 3.24. The maximum absolute atomic E-state index is 11.1. The summed E-state index contributed by atoms with van der Waals surface area (Å²) in [5.74, 6) is 0.0560. The van der Waals surface area contributed by atoms with Crippen LogP contribution >= 0.6 is 23.2 Å². The minimum absolute atomic E-state index is 0.295. The Morgan fingerprint density at radius 2 is 1.89 bits per heavy atom. The van der Waals surface area contributed by atoms with Gasteiger partial charge in [-0.15, -0.1) is 23.2 Å². The van der Waals surface area contributed by atoms with E-state index in [9.17, 15) is 4.79 Å². The molecule has 1 aromatic rings. The summed E-state index contributed by atoms with van der Waals surface area (Å²) in [6.45, 7) is 3.42. The van der Waals surface area contributed by atoms with Gasteiger partial charge in [-0.25, -0.2) is 4.79 Å². The fourth-order valence-corrected chi connectivity index (χ4v) is 2.44. The highest BCUT2D eigenvalue weighted by molar-refractivity contribution is 6.18. The second-order valence-corrected chi connectivity index (χ2v) is 5.02. The van der Waals surface area contributed by atoms with Crippen molar-refractivity contribution < 1.29 is 9.90 Å². The Morgan fingerprint density at radius 1 is 1.26 bits per heavy atom. The largest absolute Gasteiger partial charge is 0.478 e. The lowest BCUT2D eigenvalue weighted by atomic mass is 10.0. The van der Waals surface area contributed by atoms with Gasteiger partial charge in [-0.3, -0.25) is 0 Å². The lowest BCUT2D eigenvalue weighted by Gasteiger charge is -2.26. The fourth-order valence-electron chi connectivity index (χ4n) is 2.03. The van der Waals surface area contributed by atoms with Crippen molar-refractivity contribution in [3.05, 3.63) is 29.3 Å². The van der Waals surface area contributed by atoms with Crippen LogP contribution in [0.2, 0.25) is 0 Å². The van der Waals surface area contributed by atoms with Crippen molar-refractivity contribution in [1.82, 2.24) is 0 Å². The highest BCUT2D eigenvalue weighted by Gasteiger charge is 2.13. The first-order valence-corrected chi connectivity index (χ1v) is 7.44. The summed E-state index contributed by atoms with van der Waals surface area (Å²) in [5.41, 5.74) is 2.37. The van der Waals surface area contributed by atoms with E-state index >= 15 is 0 Å². The summed E-state index contributed by atoms with van der Waals surface area (Å²) >= 11 is 11.6. The predicted octanol–water partition coefficient (Wildman–Crippen LogP) is 3.62. The van der Waals surface area contributed by atoms with Gasteiger partial charge >= 0.3 is 5.97 Å². The molecule has 0 radical (unpaired) electrons. The van der Waals surface area contributed by atoms with Crippen LogP contribution in [0.1, 0.15) is 29.3 Å². The first kappa shape index (κ1) is 16.1. The molecular weight excluding hydrogens is 285 g/mol. The van der Waals surface area contributed by atoms with E-state index in [4.69, 9.17) is 28.3 Å². The summed E-state index contributed by atoms with van der Waals surface area (Å²) in [4.78, 5) is 13.1. The number of halogens is 2.